The summed E-state index contributed by atoms with van der Waals surface area (Å²) in [6.45, 7) is 12.4. The van der Waals surface area contributed by atoms with E-state index in [0.29, 0.717) is 0 Å². The van der Waals surface area contributed by atoms with Crippen LogP contribution in [-0.2, 0) is 12.8 Å². The fraction of sp³-hybridized carbons (Fsp3) is 0.750. The van der Waals surface area contributed by atoms with E-state index in [1.807, 2.05) is 11.3 Å². The molecule has 104 valence electrons. The normalized spacial score (nSPS) is 13.8. The van der Waals surface area contributed by atoms with Gasteiger partial charge in [-0.1, -0.05) is 20.3 Å². The Morgan fingerprint density at radius 3 is 2.33 bits per heavy atom. The Labute approximate surface area is 117 Å². The van der Waals surface area contributed by atoms with Crippen LogP contribution in [0.5, 0.6) is 0 Å². The van der Waals surface area contributed by atoms with Crippen molar-refractivity contribution < 1.29 is 0 Å². The lowest BCUT2D eigenvalue weighted by molar-refractivity contribution is 0.356. The molecular formula is C16H29NS. The first kappa shape index (κ1) is 15.7. The van der Waals surface area contributed by atoms with E-state index in [1.165, 1.54) is 30.6 Å². The van der Waals surface area contributed by atoms with Gasteiger partial charge in [0.2, 0.25) is 0 Å². The van der Waals surface area contributed by atoms with Crippen molar-refractivity contribution in [3.63, 3.8) is 0 Å². The first-order chi connectivity index (χ1) is 8.44. The molecule has 1 atom stereocenters. The molecule has 0 saturated carbocycles. The summed E-state index contributed by atoms with van der Waals surface area (Å²) < 4.78 is 0. The minimum Gasteiger partial charge on any atom is -0.312 e. The number of thiophene rings is 1. The van der Waals surface area contributed by atoms with E-state index in [2.05, 4.69) is 52.1 Å². The van der Waals surface area contributed by atoms with E-state index in [1.54, 1.807) is 4.88 Å². The summed E-state index contributed by atoms with van der Waals surface area (Å²) in [4.78, 5) is 3.07. The molecule has 1 unspecified atom stereocenters. The van der Waals surface area contributed by atoms with Gasteiger partial charge in [0, 0.05) is 15.3 Å². The number of hydrogen-bond acceptors (Lipinski definition) is 2. The van der Waals surface area contributed by atoms with Gasteiger partial charge in [-0.15, -0.1) is 11.3 Å². The van der Waals surface area contributed by atoms with Crippen molar-refractivity contribution in [3.8, 4) is 0 Å². The number of hydrogen-bond donors (Lipinski definition) is 1. The second-order valence-corrected chi connectivity index (χ2v) is 7.46. The van der Waals surface area contributed by atoms with E-state index < -0.39 is 0 Å². The lowest BCUT2D eigenvalue weighted by Gasteiger charge is -2.25. The van der Waals surface area contributed by atoms with Crippen LogP contribution in [0.15, 0.2) is 12.1 Å². The van der Waals surface area contributed by atoms with Crippen LogP contribution < -0.4 is 5.32 Å². The monoisotopic (exact) mass is 267 g/mol. The van der Waals surface area contributed by atoms with E-state index >= 15 is 0 Å². The third kappa shape index (κ3) is 6.01. The third-order valence-corrected chi connectivity index (χ3v) is 4.43. The fourth-order valence-electron chi connectivity index (χ4n) is 2.14. The SMILES string of the molecule is CCCC(CNC(C)(C)C)Cc1ccc(CC)s1. The summed E-state index contributed by atoms with van der Waals surface area (Å²) in [6.07, 6.45) is 5.01. The van der Waals surface area contributed by atoms with Crippen LogP contribution in [-0.4, -0.2) is 12.1 Å². The van der Waals surface area contributed by atoms with Crippen LogP contribution in [0, 0.1) is 5.92 Å². The molecule has 0 saturated heterocycles. The van der Waals surface area contributed by atoms with Crippen molar-refractivity contribution >= 4 is 11.3 Å². The van der Waals surface area contributed by atoms with Crippen molar-refractivity contribution in [2.45, 2.75) is 65.8 Å². The zero-order valence-corrected chi connectivity index (χ0v) is 13.5. The smallest absolute Gasteiger partial charge is 0.00966 e. The summed E-state index contributed by atoms with van der Waals surface area (Å²) in [5.74, 6) is 0.776. The molecule has 0 aromatic carbocycles. The van der Waals surface area contributed by atoms with Crippen LogP contribution in [0.2, 0.25) is 0 Å². The second-order valence-electron chi connectivity index (χ2n) is 6.21. The Balaban J connectivity index is 2.51. The van der Waals surface area contributed by atoms with Gasteiger partial charge >= 0.3 is 0 Å². The fourth-order valence-corrected chi connectivity index (χ4v) is 3.21. The minimum absolute atomic E-state index is 0.232. The van der Waals surface area contributed by atoms with Gasteiger partial charge in [0.25, 0.3) is 0 Å². The van der Waals surface area contributed by atoms with Crippen LogP contribution in [0.4, 0.5) is 0 Å². The minimum atomic E-state index is 0.232. The highest BCUT2D eigenvalue weighted by molar-refractivity contribution is 7.11. The van der Waals surface area contributed by atoms with Crippen molar-refractivity contribution in [3.05, 3.63) is 21.9 Å². The quantitative estimate of drug-likeness (QED) is 0.758. The molecule has 0 aliphatic carbocycles. The Bertz CT molecular complexity index is 335. The van der Waals surface area contributed by atoms with Crippen molar-refractivity contribution in [1.82, 2.24) is 5.32 Å². The van der Waals surface area contributed by atoms with Crippen LogP contribution in [0.3, 0.4) is 0 Å². The Morgan fingerprint density at radius 2 is 1.83 bits per heavy atom. The Morgan fingerprint density at radius 1 is 1.17 bits per heavy atom. The van der Waals surface area contributed by atoms with Crippen LogP contribution in [0.1, 0.15) is 57.2 Å². The van der Waals surface area contributed by atoms with Gasteiger partial charge < -0.3 is 5.32 Å². The van der Waals surface area contributed by atoms with Gasteiger partial charge in [0.05, 0.1) is 0 Å². The first-order valence-corrected chi connectivity index (χ1v) is 8.09. The molecular weight excluding hydrogens is 238 g/mol. The predicted molar refractivity (Wildman–Crippen MR) is 83.6 cm³/mol. The topological polar surface area (TPSA) is 12.0 Å². The van der Waals surface area contributed by atoms with Crippen molar-refractivity contribution in [2.75, 3.05) is 6.54 Å². The molecule has 0 bridgehead atoms. The second kappa shape index (κ2) is 7.30. The molecule has 18 heavy (non-hydrogen) atoms. The molecule has 0 radical (unpaired) electrons. The van der Waals surface area contributed by atoms with E-state index in [0.717, 1.165) is 12.5 Å². The highest BCUT2D eigenvalue weighted by Crippen LogP contribution is 2.22. The molecule has 1 nitrogen and oxygen atoms in total. The average molecular weight is 267 g/mol. The number of rotatable bonds is 7. The molecule has 0 fully saturated rings. The molecule has 0 amide bonds. The summed E-state index contributed by atoms with van der Waals surface area (Å²) in [6, 6.07) is 4.61. The highest BCUT2D eigenvalue weighted by Gasteiger charge is 2.15. The summed E-state index contributed by atoms with van der Waals surface area (Å²) in [5.41, 5.74) is 0.232. The molecule has 0 aliphatic heterocycles. The highest BCUT2D eigenvalue weighted by atomic mass is 32.1. The summed E-state index contributed by atoms with van der Waals surface area (Å²) >= 11 is 1.99. The number of nitrogens with one attached hydrogen (secondary N) is 1. The molecule has 0 aliphatic rings. The summed E-state index contributed by atoms with van der Waals surface area (Å²) in [5, 5.41) is 3.65. The van der Waals surface area contributed by atoms with Gasteiger partial charge in [0.15, 0.2) is 0 Å². The van der Waals surface area contributed by atoms with Gasteiger partial charge in [-0.05, 0) is 64.6 Å². The molecule has 0 spiro atoms. The third-order valence-electron chi connectivity index (χ3n) is 3.17. The van der Waals surface area contributed by atoms with E-state index in [9.17, 15) is 0 Å². The maximum absolute atomic E-state index is 3.65. The Hall–Kier alpha value is -0.340. The van der Waals surface area contributed by atoms with Crippen molar-refractivity contribution in [2.24, 2.45) is 5.92 Å². The number of aryl methyl sites for hydroxylation is 1. The largest absolute Gasteiger partial charge is 0.312 e. The average Bonchev–Trinajstić information content (AvgIpc) is 2.73. The van der Waals surface area contributed by atoms with E-state index in [4.69, 9.17) is 0 Å². The molecule has 1 rings (SSSR count). The molecule has 1 aromatic rings. The van der Waals surface area contributed by atoms with Crippen LogP contribution >= 0.6 is 11.3 Å². The summed E-state index contributed by atoms with van der Waals surface area (Å²) in [7, 11) is 0. The van der Waals surface area contributed by atoms with E-state index in [-0.39, 0.29) is 5.54 Å². The lowest BCUT2D eigenvalue weighted by atomic mass is 9.97. The molecule has 1 N–H and O–H groups in total. The van der Waals surface area contributed by atoms with Crippen molar-refractivity contribution in [1.29, 1.82) is 0 Å². The van der Waals surface area contributed by atoms with Gasteiger partial charge in [-0.25, -0.2) is 0 Å². The Kier molecular flexibility index (Phi) is 6.37. The van der Waals surface area contributed by atoms with Gasteiger partial charge in [0.1, 0.15) is 0 Å². The predicted octanol–water partition coefficient (Wildman–Crippen LogP) is 4.66. The molecule has 1 aromatic heterocycles. The van der Waals surface area contributed by atoms with Gasteiger partial charge in [-0.2, -0.15) is 0 Å². The molecule has 2 heteroatoms. The maximum Gasteiger partial charge on any atom is 0.00966 e. The zero-order valence-electron chi connectivity index (χ0n) is 12.7. The van der Waals surface area contributed by atoms with Crippen LogP contribution in [0.25, 0.3) is 0 Å². The zero-order chi connectivity index (χ0) is 13.6. The lowest BCUT2D eigenvalue weighted by Crippen LogP contribution is -2.39. The first-order valence-electron chi connectivity index (χ1n) is 7.27. The van der Waals surface area contributed by atoms with Gasteiger partial charge in [-0.3, -0.25) is 0 Å². The standard InChI is InChI=1S/C16H29NS/c1-6-8-13(12-17-16(3,4)5)11-15-10-9-14(7-2)18-15/h9-10,13,17H,6-8,11-12H2,1-5H3. The molecule has 1 heterocycles. The maximum atomic E-state index is 3.65.